The molecule has 0 saturated carbocycles. The number of oxazole rings is 1. The molecule has 1 aromatic heterocycles. The Kier molecular flexibility index (Phi) is 6.79. The fourth-order valence-corrected chi connectivity index (χ4v) is 2.70. The predicted molar refractivity (Wildman–Crippen MR) is 108 cm³/mol. The molecular formula is C23H20F3NO4. The van der Waals surface area contributed by atoms with Gasteiger partial charge in [0.2, 0.25) is 5.89 Å². The third kappa shape index (κ3) is 5.97. The number of ether oxygens (including phenoxy) is 2. The molecule has 0 bridgehead atoms. The van der Waals surface area contributed by atoms with Crippen molar-refractivity contribution in [3.8, 4) is 17.2 Å². The number of carbonyl (C=O) groups is 1. The maximum absolute atomic E-state index is 12.7. The van der Waals surface area contributed by atoms with Gasteiger partial charge in [0.15, 0.2) is 0 Å². The van der Waals surface area contributed by atoms with Crippen LogP contribution in [-0.4, -0.2) is 17.6 Å². The van der Waals surface area contributed by atoms with Crippen LogP contribution in [0.1, 0.15) is 29.5 Å². The minimum absolute atomic E-state index is 0.112. The highest BCUT2D eigenvalue weighted by Gasteiger charge is 2.30. The van der Waals surface area contributed by atoms with Gasteiger partial charge in [-0.15, -0.1) is 0 Å². The Morgan fingerprint density at radius 1 is 1.16 bits per heavy atom. The van der Waals surface area contributed by atoms with E-state index in [1.54, 1.807) is 38.1 Å². The van der Waals surface area contributed by atoms with Crippen molar-refractivity contribution in [1.29, 1.82) is 0 Å². The smallest absolute Gasteiger partial charge is 0.416 e. The van der Waals surface area contributed by atoms with Crippen LogP contribution in [0, 0.1) is 6.92 Å². The lowest BCUT2D eigenvalue weighted by atomic mass is 10.1. The van der Waals surface area contributed by atoms with Crippen LogP contribution >= 0.6 is 0 Å². The van der Waals surface area contributed by atoms with Crippen molar-refractivity contribution in [2.24, 2.45) is 0 Å². The molecule has 162 valence electrons. The molecule has 3 aromatic rings. The van der Waals surface area contributed by atoms with E-state index in [4.69, 9.17) is 13.9 Å². The van der Waals surface area contributed by atoms with Gasteiger partial charge in [0.25, 0.3) is 0 Å². The average molecular weight is 431 g/mol. The normalized spacial score (nSPS) is 11.6. The van der Waals surface area contributed by atoms with Crippen LogP contribution in [0.15, 0.2) is 59.0 Å². The van der Waals surface area contributed by atoms with Gasteiger partial charge in [0.05, 0.1) is 12.2 Å². The maximum atomic E-state index is 12.7. The van der Waals surface area contributed by atoms with Gasteiger partial charge in [0, 0.05) is 11.6 Å². The van der Waals surface area contributed by atoms with Gasteiger partial charge in [-0.1, -0.05) is 12.1 Å². The zero-order chi connectivity index (χ0) is 22.4. The number of halogens is 3. The number of nitrogens with zero attached hydrogens (tertiary/aromatic N) is 1. The highest BCUT2D eigenvalue weighted by atomic mass is 19.4. The molecule has 0 amide bonds. The van der Waals surface area contributed by atoms with Gasteiger partial charge in [-0.3, -0.25) is 0 Å². The van der Waals surface area contributed by atoms with E-state index < -0.39 is 17.7 Å². The van der Waals surface area contributed by atoms with Gasteiger partial charge in [-0.05, 0) is 61.9 Å². The highest BCUT2D eigenvalue weighted by Crippen LogP contribution is 2.31. The van der Waals surface area contributed by atoms with Crippen LogP contribution < -0.4 is 4.74 Å². The zero-order valence-corrected chi connectivity index (χ0v) is 16.9. The van der Waals surface area contributed by atoms with E-state index in [-0.39, 0.29) is 12.5 Å². The lowest BCUT2D eigenvalue weighted by Gasteiger charge is -2.06. The second-order valence-corrected chi connectivity index (χ2v) is 6.54. The van der Waals surface area contributed by atoms with Crippen molar-refractivity contribution in [1.82, 2.24) is 4.98 Å². The lowest BCUT2D eigenvalue weighted by Crippen LogP contribution is -2.04. The number of carbonyl (C=O) groups excluding carboxylic acids is 1. The summed E-state index contributed by atoms with van der Waals surface area (Å²) >= 11 is 0. The number of rotatable bonds is 7. The summed E-state index contributed by atoms with van der Waals surface area (Å²) in [6.45, 7) is 3.85. The molecule has 0 aliphatic rings. The topological polar surface area (TPSA) is 61.6 Å². The molecule has 0 radical (unpaired) electrons. The molecule has 0 fully saturated rings. The number of alkyl halides is 3. The van der Waals surface area contributed by atoms with Crippen molar-refractivity contribution in [3.63, 3.8) is 0 Å². The summed E-state index contributed by atoms with van der Waals surface area (Å²) in [6.07, 6.45) is -1.44. The van der Waals surface area contributed by atoms with E-state index in [2.05, 4.69) is 4.98 Å². The first-order valence-electron chi connectivity index (χ1n) is 9.48. The van der Waals surface area contributed by atoms with Crippen molar-refractivity contribution in [2.45, 2.75) is 26.6 Å². The Bertz CT molecular complexity index is 1070. The van der Waals surface area contributed by atoms with Crippen LogP contribution in [0.25, 0.3) is 17.5 Å². The molecule has 31 heavy (non-hydrogen) atoms. The van der Waals surface area contributed by atoms with Crippen molar-refractivity contribution in [2.75, 3.05) is 6.61 Å². The second-order valence-electron chi connectivity index (χ2n) is 6.54. The van der Waals surface area contributed by atoms with Crippen LogP contribution in [0.3, 0.4) is 0 Å². The SMILES string of the molecule is CCOC(=O)/C=C/c1cccc(OCc2nc(-c3ccc(C(F)(F)F)cc3)oc2C)c1. The van der Waals surface area contributed by atoms with E-state index >= 15 is 0 Å². The molecular weight excluding hydrogens is 411 g/mol. The third-order valence-corrected chi connectivity index (χ3v) is 4.28. The molecule has 8 heteroatoms. The summed E-state index contributed by atoms with van der Waals surface area (Å²) in [5.41, 5.74) is 0.990. The first-order chi connectivity index (χ1) is 14.8. The van der Waals surface area contributed by atoms with Crippen molar-refractivity contribution in [3.05, 3.63) is 77.2 Å². The second kappa shape index (κ2) is 9.51. The summed E-state index contributed by atoms with van der Waals surface area (Å²) in [7, 11) is 0. The highest BCUT2D eigenvalue weighted by molar-refractivity contribution is 5.87. The fourth-order valence-electron chi connectivity index (χ4n) is 2.70. The number of esters is 1. The number of benzene rings is 2. The van der Waals surface area contributed by atoms with Crippen molar-refractivity contribution >= 4 is 12.0 Å². The number of hydrogen-bond acceptors (Lipinski definition) is 5. The molecule has 0 spiro atoms. The Balaban J connectivity index is 1.67. The lowest BCUT2D eigenvalue weighted by molar-refractivity contribution is -0.138. The minimum Gasteiger partial charge on any atom is -0.487 e. The molecule has 0 aliphatic carbocycles. The number of aromatic nitrogens is 1. The van der Waals surface area contributed by atoms with Gasteiger partial charge in [-0.2, -0.15) is 13.2 Å². The van der Waals surface area contributed by atoms with E-state index in [0.717, 1.165) is 17.7 Å². The largest absolute Gasteiger partial charge is 0.487 e. The number of hydrogen-bond donors (Lipinski definition) is 0. The van der Waals surface area contributed by atoms with Gasteiger partial charge >= 0.3 is 12.1 Å². The van der Waals surface area contributed by atoms with Crippen LogP contribution in [-0.2, 0) is 22.3 Å². The average Bonchev–Trinajstić information content (AvgIpc) is 3.11. The monoisotopic (exact) mass is 431 g/mol. The molecule has 0 aliphatic heterocycles. The molecule has 5 nitrogen and oxygen atoms in total. The molecule has 0 N–H and O–H groups in total. The first-order valence-corrected chi connectivity index (χ1v) is 9.48. The summed E-state index contributed by atoms with van der Waals surface area (Å²) in [6, 6.07) is 11.7. The Labute approximate surface area is 177 Å². The van der Waals surface area contributed by atoms with E-state index in [9.17, 15) is 18.0 Å². The van der Waals surface area contributed by atoms with E-state index in [1.807, 2.05) is 6.07 Å². The Morgan fingerprint density at radius 2 is 1.90 bits per heavy atom. The number of aryl methyl sites for hydroxylation is 1. The third-order valence-electron chi connectivity index (χ3n) is 4.28. The summed E-state index contributed by atoms with van der Waals surface area (Å²) < 4.78 is 54.4. The molecule has 0 saturated heterocycles. The van der Waals surface area contributed by atoms with E-state index in [0.29, 0.717) is 29.4 Å². The summed E-state index contributed by atoms with van der Waals surface area (Å²) in [4.78, 5) is 15.8. The minimum atomic E-state index is -4.40. The Morgan fingerprint density at radius 3 is 2.58 bits per heavy atom. The van der Waals surface area contributed by atoms with Gasteiger partial charge in [0.1, 0.15) is 23.8 Å². The first kappa shape index (κ1) is 22.1. The summed E-state index contributed by atoms with van der Waals surface area (Å²) in [5.74, 6) is 0.858. The van der Waals surface area contributed by atoms with Crippen LogP contribution in [0.2, 0.25) is 0 Å². The molecule has 1 heterocycles. The van der Waals surface area contributed by atoms with Gasteiger partial charge in [-0.25, -0.2) is 9.78 Å². The van der Waals surface area contributed by atoms with Crippen molar-refractivity contribution < 1.29 is 31.9 Å². The van der Waals surface area contributed by atoms with Gasteiger partial charge < -0.3 is 13.9 Å². The molecule has 0 unspecified atom stereocenters. The summed E-state index contributed by atoms with van der Waals surface area (Å²) in [5, 5.41) is 0. The van der Waals surface area contributed by atoms with Crippen LogP contribution in [0.5, 0.6) is 5.75 Å². The predicted octanol–water partition coefficient (Wildman–Crippen LogP) is 5.82. The molecule has 0 atom stereocenters. The zero-order valence-electron chi connectivity index (χ0n) is 16.9. The standard InChI is InChI=1S/C23H20F3NO4/c1-3-29-21(28)12-7-16-5-4-6-19(13-16)30-14-20-15(2)31-22(27-20)17-8-10-18(11-9-17)23(24,25)26/h4-13H,3,14H2,1-2H3/b12-7+. The maximum Gasteiger partial charge on any atom is 0.416 e. The Hall–Kier alpha value is -3.55. The molecule has 2 aromatic carbocycles. The quantitative estimate of drug-likeness (QED) is 0.348. The van der Waals surface area contributed by atoms with Crippen LogP contribution in [0.4, 0.5) is 13.2 Å². The molecule has 3 rings (SSSR count). The fraction of sp³-hybridized carbons (Fsp3) is 0.217. The van der Waals surface area contributed by atoms with E-state index in [1.165, 1.54) is 18.2 Å².